The van der Waals surface area contributed by atoms with Gasteiger partial charge in [0.1, 0.15) is 12.1 Å². The minimum Gasteiger partial charge on any atom is -0.482 e. The Morgan fingerprint density at radius 3 is 2.86 bits per heavy atom. The normalized spacial score (nSPS) is 23.0. The zero-order valence-electron chi connectivity index (χ0n) is 22.1. The highest BCUT2D eigenvalue weighted by molar-refractivity contribution is 7.56. The van der Waals surface area contributed by atoms with Crippen molar-refractivity contribution >= 4 is 31.7 Å². The molecule has 0 saturated carbocycles. The lowest BCUT2D eigenvalue weighted by molar-refractivity contribution is -0.147. The van der Waals surface area contributed by atoms with Gasteiger partial charge in [-0.2, -0.15) is 4.99 Å². The molecule has 12 nitrogen and oxygen atoms in total. The molecule has 0 bridgehead atoms. The molecule has 37 heavy (non-hydrogen) atoms. The van der Waals surface area contributed by atoms with Crippen molar-refractivity contribution in [1.82, 2.24) is 9.99 Å². The Labute approximate surface area is 218 Å². The van der Waals surface area contributed by atoms with Crippen LogP contribution in [0.25, 0.3) is 0 Å². The lowest BCUT2D eigenvalue weighted by Gasteiger charge is -2.37. The summed E-state index contributed by atoms with van der Waals surface area (Å²) < 4.78 is 35.5. The monoisotopic (exact) mass is 538 g/mol. The number of hydrogen-bond acceptors (Lipinski definition) is 11. The van der Waals surface area contributed by atoms with Gasteiger partial charge in [-0.15, -0.1) is 0 Å². The van der Waals surface area contributed by atoms with Crippen LogP contribution in [0.3, 0.4) is 0 Å². The van der Waals surface area contributed by atoms with Gasteiger partial charge in [-0.3, -0.25) is 14.4 Å². The molecule has 0 aromatic carbocycles. The van der Waals surface area contributed by atoms with Crippen molar-refractivity contribution < 1.29 is 28.1 Å². The number of nitrogens with zero attached hydrogens (tertiary/aromatic N) is 4. The molecule has 2 rings (SSSR count). The highest BCUT2D eigenvalue weighted by atomic mass is 31.2. The molecular weight excluding hydrogens is 499 g/mol. The Morgan fingerprint density at radius 2 is 2.19 bits per heavy atom. The third-order valence-electron chi connectivity index (χ3n) is 5.67. The molecule has 0 fully saturated rings. The van der Waals surface area contributed by atoms with Crippen LogP contribution in [0.4, 0.5) is 0 Å². The fraction of sp³-hybridized carbons (Fsp3) is 0.583. The van der Waals surface area contributed by atoms with Gasteiger partial charge in [0, 0.05) is 13.1 Å². The van der Waals surface area contributed by atoms with E-state index in [1.165, 1.54) is 13.2 Å². The van der Waals surface area contributed by atoms with Crippen molar-refractivity contribution in [3.05, 3.63) is 37.1 Å². The van der Waals surface area contributed by atoms with Crippen LogP contribution in [0.1, 0.15) is 33.6 Å². The van der Waals surface area contributed by atoms with Gasteiger partial charge in [0.25, 0.3) is 0 Å². The molecule has 0 aliphatic carbocycles. The van der Waals surface area contributed by atoms with E-state index in [9.17, 15) is 9.36 Å². The number of carbonyl (C=O) groups is 1. The Hall–Kier alpha value is -2.95. The summed E-state index contributed by atoms with van der Waals surface area (Å²) in [4.78, 5) is 27.1. The van der Waals surface area contributed by atoms with Gasteiger partial charge in [-0.05, 0) is 19.4 Å². The van der Waals surface area contributed by atoms with Crippen molar-refractivity contribution in [2.75, 3.05) is 39.8 Å². The molecule has 13 heteroatoms. The Bertz CT molecular complexity index is 996. The summed E-state index contributed by atoms with van der Waals surface area (Å²) in [5.74, 6) is -0.262. The van der Waals surface area contributed by atoms with E-state index in [2.05, 4.69) is 33.2 Å². The Balaban J connectivity index is 1.96. The molecular formula is C24H39N6O6P. The number of nitrogens with one attached hydrogen (secondary N) is 1. The van der Waals surface area contributed by atoms with E-state index >= 15 is 0 Å². The Kier molecular flexibility index (Phi) is 11.5. The number of rotatable bonds is 16. The Morgan fingerprint density at radius 1 is 1.43 bits per heavy atom. The maximum absolute atomic E-state index is 13.5. The first-order valence-corrected chi connectivity index (χ1v) is 13.9. The summed E-state index contributed by atoms with van der Waals surface area (Å²) in [6, 6.07) is -0.431. The number of aliphatic imine (C=N–C) groups is 3. The number of guanidine groups is 1. The second-order valence-corrected chi connectivity index (χ2v) is 10.8. The van der Waals surface area contributed by atoms with Crippen LogP contribution in [0.5, 0.6) is 0 Å². The average Bonchev–Trinajstić information content (AvgIpc) is 3.18. The molecule has 0 spiro atoms. The molecule has 2 aliphatic rings. The van der Waals surface area contributed by atoms with Gasteiger partial charge in [-0.25, -0.2) is 10.1 Å². The molecule has 0 saturated heterocycles. The van der Waals surface area contributed by atoms with E-state index in [-0.39, 0.29) is 37.2 Å². The van der Waals surface area contributed by atoms with Crippen molar-refractivity contribution in [2.45, 2.75) is 45.3 Å². The molecule has 0 amide bonds. The second-order valence-electron chi connectivity index (χ2n) is 8.73. The molecule has 2 aliphatic heterocycles. The number of unbranched alkanes of at least 4 members (excludes halogenated alkanes) is 1. The summed E-state index contributed by atoms with van der Waals surface area (Å²) in [5.41, 5.74) is 5.06. The van der Waals surface area contributed by atoms with E-state index < -0.39 is 25.1 Å². The fourth-order valence-corrected chi connectivity index (χ4v) is 5.09. The highest BCUT2D eigenvalue weighted by Gasteiger charge is 2.48. The maximum atomic E-state index is 13.5. The maximum Gasteiger partial charge on any atom is 0.341 e. The fourth-order valence-electron chi connectivity index (χ4n) is 3.52. The number of fused-ring (bicyclic) bond motifs is 1. The van der Waals surface area contributed by atoms with Crippen LogP contribution in [-0.4, -0.2) is 80.5 Å². The number of carbonyl (C=O) groups excluding carboxylic acids is 1. The van der Waals surface area contributed by atoms with E-state index in [0.29, 0.717) is 19.0 Å². The van der Waals surface area contributed by atoms with Gasteiger partial charge < -0.3 is 29.4 Å². The summed E-state index contributed by atoms with van der Waals surface area (Å²) in [6.07, 6.45) is 7.79. The predicted octanol–water partition coefficient (Wildman–Crippen LogP) is 2.80. The smallest absolute Gasteiger partial charge is 0.341 e. The lowest BCUT2D eigenvalue weighted by atomic mass is 10.0. The summed E-state index contributed by atoms with van der Waals surface area (Å²) >= 11 is 0. The summed E-state index contributed by atoms with van der Waals surface area (Å²) in [6.45, 7) is 13.9. The first-order chi connectivity index (χ1) is 17.6. The van der Waals surface area contributed by atoms with Gasteiger partial charge in [0.2, 0.25) is 11.9 Å². The lowest BCUT2D eigenvalue weighted by Crippen LogP contribution is -2.54. The van der Waals surface area contributed by atoms with Crippen LogP contribution >= 0.6 is 7.52 Å². The van der Waals surface area contributed by atoms with Crippen LogP contribution in [0.2, 0.25) is 0 Å². The molecule has 0 radical (unpaired) electrons. The van der Waals surface area contributed by atoms with Gasteiger partial charge in [0.05, 0.1) is 32.6 Å². The quantitative estimate of drug-likeness (QED) is 0.0994. The second kappa shape index (κ2) is 14.1. The van der Waals surface area contributed by atoms with E-state index in [4.69, 9.17) is 24.5 Å². The highest BCUT2D eigenvalue weighted by Crippen LogP contribution is 2.45. The molecule has 206 valence electrons. The molecule has 0 aromatic heterocycles. The molecule has 4 unspecified atom stereocenters. The minimum atomic E-state index is -3.58. The van der Waals surface area contributed by atoms with Gasteiger partial charge in [-0.1, -0.05) is 45.6 Å². The van der Waals surface area contributed by atoms with Crippen molar-refractivity contribution in [2.24, 2.45) is 26.6 Å². The van der Waals surface area contributed by atoms with Gasteiger partial charge >= 0.3 is 13.5 Å². The van der Waals surface area contributed by atoms with Gasteiger partial charge in [0.15, 0.2) is 11.7 Å². The van der Waals surface area contributed by atoms with Crippen LogP contribution in [-0.2, 0) is 28.1 Å². The molecule has 3 N–H and O–H groups in total. The minimum absolute atomic E-state index is 0.0791. The van der Waals surface area contributed by atoms with E-state index in [0.717, 1.165) is 12.8 Å². The standard InChI is InChI=1S/C24H39N6O6P/c1-7-9-11-19(4)36-37(32,27-15-18(3)22(31)35-13-10-8-2)17-34-14-12-30-16-26-20-21(33-6)28-23(25)29-24(20,30)5/h7,9,11,16,18,20H,1,4,8,10,12-15,17H2,2-3,5-6H3,(H2,25,29)(H,27,32)/b11-9-. The summed E-state index contributed by atoms with van der Waals surface area (Å²) in [5, 5.41) is 2.85. The molecule has 4 atom stereocenters. The third-order valence-corrected chi connectivity index (χ3v) is 7.38. The van der Waals surface area contributed by atoms with E-state index in [1.54, 1.807) is 25.4 Å². The van der Waals surface area contributed by atoms with Crippen molar-refractivity contribution in [3.63, 3.8) is 0 Å². The zero-order chi connectivity index (χ0) is 27.5. The number of esters is 1. The SMILES string of the molecule is C=C/C=C\C(=C)OP(=O)(COCCN1C=NC2C(OC)=NC(N)=NC21C)NCC(C)C(=O)OCCCC. The summed E-state index contributed by atoms with van der Waals surface area (Å²) in [7, 11) is -2.07. The zero-order valence-corrected chi connectivity index (χ0v) is 23.0. The number of ether oxygens (including phenoxy) is 3. The topological polar surface area (TPSA) is 149 Å². The van der Waals surface area contributed by atoms with Crippen molar-refractivity contribution in [3.8, 4) is 0 Å². The van der Waals surface area contributed by atoms with Crippen LogP contribution in [0, 0.1) is 5.92 Å². The first-order valence-electron chi connectivity index (χ1n) is 12.1. The van der Waals surface area contributed by atoms with Crippen LogP contribution < -0.4 is 10.8 Å². The first kappa shape index (κ1) is 30.3. The largest absolute Gasteiger partial charge is 0.482 e. The average molecular weight is 539 g/mol. The van der Waals surface area contributed by atoms with Crippen molar-refractivity contribution in [1.29, 1.82) is 0 Å². The third kappa shape index (κ3) is 8.55. The molecule has 2 heterocycles. The number of methoxy groups -OCH3 is 1. The number of nitrogens with two attached hydrogens (primary N) is 1. The predicted molar refractivity (Wildman–Crippen MR) is 144 cm³/mol. The number of hydrogen-bond donors (Lipinski definition) is 2. The van der Waals surface area contributed by atoms with E-state index in [1.807, 2.05) is 18.7 Å². The van der Waals surface area contributed by atoms with Crippen LogP contribution in [0.15, 0.2) is 52.1 Å². The number of allylic oxidation sites excluding steroid dienone is 3. The molecule has 0 aromatic rings.